The molecular formula is C14H10N2OS2. The van der Waals surface area contributed by atoms with Crippen LogP contribution in [0.15, 0.2) is 57.7 Å². The van der Waals surface area contributed by atoms with Crippen molar-refractivity contribution in [3.05, 3.63) is 57.6 Å². The van der Waals surface area contributed by atoms with Gasteiger partial charge in [0.25, 0.3) is 5.24 Å². The molecule has 1 fully saturated rings. The third kappa shape index (κ3) is 2.94. The van der Waals surface area contributed by atoms with Crippen molar-refractivity contribution in [2.45, 2.75) is 0 Å². The second kappa shape index (κ2) is 5.42. The Labute approximate surface area is 119 Å². The second-order valence-electron chi connectivity index (χ2n) is 3.83. The summed E-state index contributed by atoms with van der Waals surface area (Å²) < 4.78 is 0. The fourth-order valence-corrected chi connectivity index (χ4v) is 3.11. The van der Waals surface area contributed by atoms with Crippen molar-refractivity contribution in [2.75, 3.05) is 0 Å². The van der Waals surface area contributed by atoms with Crippen LogP contribution < -0.4 is 5.32 Å². The Balaban J connectivity index is 1.95. The van der Waals surface area contributed by atoms with Crippen molar-refractivity contribution in [1.29, 1.82) is 0 Å². The number of amidine groups is 1. The van der Waals surface area contributed by atoms with E-state index in [1.807, 2.05) is 53.9 Å². The van der Waals surface area contributed by atoms with Crippen LogP contribution in [0.2, 0.25) is 0 Å². The molecule has 1 aliphatic rings. The van der Waals surface area contributed by atoms with E-state index in [9.17, 15) is 4.79 Å². The summed E-state index contributed by atoms with van der Waals surface area (Å²) >= 11 is 2.81. The predicted octanol–water partition coefficient (Wildman–Crippen LogP) is 4.28. The van der Waals surface area contributed by atoms with Crippen LogP contribution in [0, 0.1) is 0 Å². The van der Waals surface area contributed by atoms with E-state index >= 15 is 0 Å². The van der Waals surface area contributed by atoms with Gasteiger partial charge in [0.2, 0.25) is 0 Å². The smallest absolute Gasteiger partial charge is 0.289 e. The molecule has 1 amide bonds. The molecule has 94 valence electrons. The fraction of sp³-hybridized carbons (Fsp3) is 0. The summed E-state index contributed by atoms with van der Waals surface area (Å²) in [6.07, 6.45) is 1.98. The Hall–Kier alpha value is -1.85. The van der Waals surface area contributed by atoms with Gasteiger partial charge in [-0.15, -0.1) is 11.3 Å². The van der Waals surface area contributed by atoms with Crippen molar-refractivity contribution < 1.29 is 4.79 Å². The maximum atomic E-state index is 11.5. The van der Waals surface area contributed by atoms with Gasteiger partial charge in [0.1, 0.15) is 5.84 Å². The van der Waals surface area contributed by atoms with E-state index in [-0.39, 0.29) is 5.24 Å². The summed E-state index contributed by atoms with van der Waals surface area (Å²) in [6.45, 7) is 0. The number of thiophene rings is 1. The number of nitrogens with zero attached hydrogens (tertiary/aromatic N) is 1. The first-order chi connectivity index (χ1) is 9.31. The second-order valence-corrected chi connectivity index (χ2v) is 5.83. The van der Waals surface area contributed by atoms with Crippen LogP contribution in [0.3, 0.4) is 0 Å². The van der Waals surface area contributed by atoms with Gasteiger partial charge in [-0.1, -0.05) is 24.3 Å². The van der Waals surface area contributed by atoms with Crippen LogP contribution in [-0.2, 0) is 0 Å². The van der Waals surface area contributed by atoms with Gasteiger partial charge in [-0.2, -0.15) is 0 Å². The van der Waals surface area contributed by atoms with Crippen molar-refractivity contribution in [3.63, 3.8) is 0 Å². The molecule has 1 aliphatic heterocycles. The Morgan fingerprint density at radius 3 is 2.68 bits per heavy atom. The molecule has 1 saturated heterocycles. The molecule has 0 atom stereocenters. The van der Waals surface area contributed by atoms with Crippen LogP contribution in [0.5, 0.6) is 0 Å². The number of carbonyl (C=O) groups excluding carboxylic acids is 1. The SMILES string of the molecule is O=C1NC(=Nc2ccccc2)/C(=C/c2cccs2)S1. The summed E-state index contributed by atoms with van der Waals surface area (Å²) in [5, 5.41) is 4.70. The zero-order valence-electron chi connectivity index (χ0n) is 9.87. The fourth-order valence-electron chi connectivity index (χ4n) is 1.65. The van der Waals surface area contributed by atoms with Crippen LogP contribution in [0.1, 0.15) is 4.88 Å². The van der Waals surface area contributed by atoms with Crippen LogP contribution in [0.25, 0.3) is 6.08 Å². The summed E-state index contributed by atoms with van der Waals surface area (Å²) in [5.41, 5.74) is 0.831. The third-order valence-corrected chi connectivity index (χ3v) is 4.11. The Bertz CT molecular complexity index is 645. The average molecular weight is 286 g/mol. The zero-order chi connectivity index (χ0) is 13.1. The van der Waals surface area contributed by atoms with Crippen molar-refractivity contribution in [3.8, 4) is 0 Å². The molecule has 19 heavy (non-hydrogen) atoms. The Kier molecular flexibility index (Phi) is 3.48. The number of amides is 1. The normalized spacial score (nSPS) is 19.1. The highest BCUT2D eigenvalue weighted by Gasteiger charge is 2.23. The molecule has 0 saturated carbocycles. The molecule has 0 spiro atoms. The molecule has 1 aromatic heterocycles. The number of hydrogen-bond acceptors (Lipinski definition) is 4. The van der Waals surface area contributed by atoms with Gasteiger partial charge in [-0.25, -0.2) is 4.99 Å². The van der Waals surface area contributed by atoms with Gasteiger partial charge in [-0.05, 0) is 41.4 Å². The number of benzene rings is 1. The highest BCUT2D eigenvalue weighted by Crippen LogP contribution is 2.29. The van der Waals surface area contributed by atoms with Crippen molar-refractivity contribution in [2.24, 2.45) is 4.99 Å². The molecule has 3 nitrogen and oxygen atoms in total. The maximum Gasteiger partial charge on any atom is 0.289 e. The molecule has 1 aromatic carbocycles. The van der Waals surface area contributed by atoms with E-state index in [4.69, 9.17) is 0 Å². The Morgan fingerprint density at radius 2 is 1.95 bits per heavy atom. The third-order valence-electron chi connectivity index (χ3n) is 2.47. The minimum absolute atomic E-state index is 0.0857. The summed E-state index contributed by atoms with van der Waals surface area (Å²) in [5.74, 6) is 0.620. The molecule has 1 N–H and O–H groups in total. The van der Waals surface area contributed by atoms with Crippen LogP contribution in [0.4, 0.5) is 10.5 Å². The molecule has 0 radical (unpaired) electrons. The monoisotopic (exact) mass is 286 g/mol. The quantitative estimate of drug-likeness (QED) is 0.895. The Morgan fingerprint density at radius 1 is 1.11 bits per heavy atom. The lowest BCUT2D eigenvalue weighted by molar-refractivity contribution is 0.265. The van der Waals surface area contributed by atoms with E-state index in [1.54, 1.807) is 11.3 Å². The molecule has 0 bridgehead atoms. The summed E-state index contributed by atoms with van der Waals surface area (Å²) in [7, 11) is 0. The highest BCUT2D eigenvalue weighted by molar-refractivity contribution is 8.18. The van der Waals surface area contributed by atoms with Gasteiger partial charge in [-0.3, -0.25) is 4.79 Å². The molecule has 2 heterocycles. The van der Waals surface area contributed by atoms with Gasteiger partial charge >= 0.3 is 0 Å². The van der Waals surface area contributed by atoms with Crippen molar-refractivity contribution >= 4 is 45.9 Å². The zero-order valence-corrected chi connectivity index (χ0v) is 11.5. The topological polar surface area (TPSA) is 41.5 Å². The van der Waals surface area contributed by atoms with E-state index in [0.29, 0.717) is 5.84 Å². The lowest BCUT2D eigenvalue weighted by Gasteiger charge is -1.98. The number of thioether (sulfide) groups is 1. The number of para-hydroxylation sites is 1. The van der Waals surface area contributed by atoms with Crippen LogP contribution in [-0.4, -0.2) is 11.1 Å². The van der Waals surface area contributed by atoms with Crippen LogP contribution >= 0.6 is 23.1 Å². The lowest BCUT2D eigenvalue weighted by atomic mass is 10.3. The van der Waals surface area contributed by atoms with E-state index in [0.717, 1.165) is 15.5 Å². The molecule has 5 heteroatoms. The lowest BCUT2D eigenvalue weighted by Crippen LogP contribution is -2.18. The summed E-state index contributed by atoms with van der Waals surface area (Å²) in [6, 6.07) is 13.6. The molecule has 0 unspecified atom stereocenters. The molecule has 3 rings (SSSR count). The van der Waals surface area contributed by atoms with E-state index < -0.39 is 0 Å². The molecule has 0 aliphatic carbocycles. The minimum Gasteiger partial charge on any atom is -0.300 e. The predicted molar refractivity (Wildman–Crippen MR) is 82.0 cm³/mol. The first kappa shape index (κ1) is 12.2. The average Bonchev–Trinajstić information content (AvgIpc) is 3.02. The van der Waals surface area contributed by atoms with Gasteiger partial charge in [0, 0.05) is 4.88 Å². The first-order valence-corrected chi connectivity index (χ1v) is 7.39. The van der Waals surface area contributed by atoms with E-state index in [1.165, 1.54) is 11.8 Å². The first-order valence-electron chi connectivity index (χ1n) is 5.69. The number of carbonyl (C=O) groups is 1. The van der Waals surface area contributed by atoms with Gasteiger partial charge < -0.3 is 5.32 Å². The minimum atomic E-state index is -0.0857. The summed E-state index contributed by atoms with van der Waals surface area (Å²) in [4.78, 5) is 18.0. The number of hydrogen-bond donors (Lipinski definition) is 1. The maximum absolute atomic E-state index is 11.5. The largest absolute Gasteiger partial charge is 0.300 e. The van der Waals surface area contributed by atoms with Gasteiger partial charge in [0.15, 0.2) is 0 Å². The number of aliphatic imine (C=N–C) groups is 1. The number of nitrogens with one attached hydrogen (secondary N) is 1. The van der Waals surface area contributed by atoms with Crippen molar-refractivity contribution in [1.82, 2.24) is 5.32 Å². The molecular weight excluding hydrogens is 276 g/mol. The highest BCUT2D eigenvalue weighted by atomic mass is 32.2. The molecule has 2 aromatic rings. The standard InChI is InChI=1S/C14H10N2OS2/c17-14-16-13(15-10-5-2-1-3-6-10)12(19-14)9-11-7-4-8-18-11/h1-9H,(H,15,16,17)/b12-9-. The van der Waals surface area contributed by atoms with E-state index in [2.05, 4.69) is 10.3 Å². The number of rotatable bonds is 2. The van der Waals surface area contributed by atoms with Gasteiger partial charge in [0.05, 0.1) is 10.6 Å².